The Bertz CT molecular complexity index is 1110. The van der Waals surface area contributed by atoms with Crippen molar-refractivity contribution in [3.63, 3.8) is 0 Å². The summed E-state index contributed by atoms with van der Waals surface area (Å²) in [6.07, 6.45) is 3.09. The maximum Gasteiger partial charge on any atom is 0.258 e. The number of hydrogen-bond acceptors (Lipinski definition) is 5. The van der Waals surface area contributed by atoms with Gasteiger partial charge < -0.3 is 5.32 Å². The molecule has 142 valence electrons. The number of fused-ring (bicyclic) bond motifs is 1. The summed E-state index contributed by atoms with van der Waals surface area (Å²) in [5.41, 5.74) is 0.612. The molecule has 27 heavy (non-hydrogen) atoms. The van der Waals surface area contributed by atoms with Gasteiger partial charge in [0.15, 0.2) is 5.65 Å². The maximum absolute atomic E-state index is 12.7. The highest BCUT2D eigenvalue weighted by Gasteiger charge is 2.25. The molecule has 0 saturated carbocycles. The van der Waals surface area contributed by atoms with Crippen molar-refractivity contribution in [3.05, 3.63) is 53.3 Å². The van der Waals surface area contributed by atoms with Crippen LogP contribution in [0.15, 0.2) is 47.6 Å². The molecule has 0 spiro atoms. The molecule has 10 heteroatoms. The van der Waals surface area contributed by atoms with E-state index in [9.17, 15) is 13.2 Å². The van der Waals surface area contributed by atoms with Crippen LogP contribution < -0.4 is 5.32 Å². The molecule has 2 heterocycles. The number of amides is 1. The van der Waals surface area contributed by atoms with E-state index in [1.165, 1.54) is 40.3 Å². The minimum Gasteiger partial charge on any atom is -0.306 e. The lowest BCUT2D eigenvalue weighted by atomic mass is 10.2. The van der Waals surface area contributed by atoms with Crippen molar-refractivity contribution in [2.75, 3.05) is 12.4 Å². The topological polar surface area (TPSA) is 96.7 Å². The van der Waals surface area contributed by atoms with Crippen LogP contribution in [0.4, 0.5) is 5.82 Å². The quantitative estimate of drug-likeness (QED) is 0.701. The predicted octanol–water partition coefficient (Wildman–Crippen LogP) is 2.66. The van der Waals surface area contributed by atoms with E-state index < -0.39 is 15.9 Å². The Morgan fingerprint density at radius 2 is 1.96 bits per heavy atom. The summed E-state index contributed by atoms with van der Waals surface area (Å²) >= 11 is 6.14. The molecule has 2 aromatic heterocycles. The zero-order valence-corrected chi connectivity index (χ0v) is 16.5. The van der Waals surface area contributed by atoms with Gasteiger partial charge in [0.2, 0.25) is 10.0 Å². The molecule has 8 nitrogen and oxygen atoms in total. The van der Waals surface area contributed by atoms with Gasteiger partial charge in [-0.25, -0.2) is 13.4 Å². The second-order valence-corrected chi connectivity index (χ2v) is 8.55. The number of nitrogens with one attached hydrogen (secondary N) is 1. The summed E-state index contributed by atoms with van der Waals surface area (Å²) in [5.74, 6) is -0.161. The average molecular weight is 408 g/mol. The zero-order chi connectivity index (χ0) is 19.8. The Kier molecular flexibility index (Phi) is 5.18. The smallest absolute Gasteiger partial charge is 0.258 e. The van der Waals surface area contributed by atoms with Crippen LogP contribution in [0.1, 0.15) is 24.2 Å². The molecular weight excluding hydrogens is 390 g/mol. The lowest BCUT2D eigenvalue weighted by Gasteiger charge is -2.21. The Morgan fingerprint density at radius 1 is 1.22 bits per heavy atom. The molecule has 0 aliphatic rings. The molecule has 0 fully saturated rings. The third-order valence-electron chi connectivity index (χ3n) is 4.12. The molecular formula is C17H18ClN5O3S. The Labute approximate surface area is 161 Å². The number of halogens is 1. The SMILES string of the molecule is CC(C)N(C)S(=O)(=O)c1ccc(Cl)c(C(=O)Nc2ccnc3ccnn23)c1. The summed E-state index contributed by atoms with van der Waals surface area (Å²) in [7, 11) is -2.26. The van der Waals surface area contributed by atoms with Crippen LogP contribution in [0.5, 0.6) is 0 Å². The van der Waals surface area contributed by atoms with Crippen LogP contribution in [0.3, 0.4) is 0 Å². The maximum atomic E-state index is 12.7. The van der Waals surface area contributed by atoms with E-state index in [0.717, 1.165) is 0 Å². The molecule has 1 aromatic carbocycles. The van der Waals surface area contributed by atoms with Crippen LogP contribution in [0, 0.1) is 0 Å². The number of benzene rings is 1. The highest BCUT2D eigenvalue weighted by molar-refractivity contribution is 7.89. The molecule has 3 rings (SSSR count). The van der Waals surface area contributed by atoms with E-state index in [4.69, 9.17) is 11.6 Å². The monoisotopic (exact) mass is 407 g/mol. The molecule has 0 atom stereocenters. The fourth-order valence-electron chi connectivity index (χ4n) is 2.40. The van der Waals surface area contributed by atoms with Crippen molar-refractivity contribution < 1.29 is 13.2 Å². The van der Waals surface area contributed by atoms with Gasteiger partial charge in [-0.15, -0.1) is 0 Å². The standard InChI is InChI=1S/C17H18ClN5O3S/c1-11(2)22(3)27(25,26)12-4-5-14(18)13(10-12)17(24)21-16-6-8-19-15-7-9-20-23(15)16/h4-11H,1-3H3,(H,21,24). The fraction of sp³-hybridized carbons (Fsp3) is 0.235. The molecule has 0 aliphatic carbocycles. The first kappa shape index (κ1) is 19.3. The van der Waals surface area contributed by atoms with Crippen molar-refractivity contribution in [2.45, 2.75) is 24.8 Å². The van der Waals surface area contributed by atoms with Crippen molar-refractivity contribution in [3.8, 4) is 0 Å². The minimum absolute atomic E-state index is 0.00721. The normalized spacial score (nSPS) is 12.1. The van der Waals surface area contributed by atoms with Gasteiger partial charge in [0.05, 0.1) is 21.7 Å². The van der Waals surface area contributed by atoms with Crippen molar-refractivity contribution >= 4 is 39.0 Å². The number of carbonyl (C=O) groups is 1. The van der Waals surface area contributed by atoms with E-state index >= 15 is 0 Å². The lowest BCUT2D eigenvalue weighted by Crippen LogP contribution is -2.33. The predicted molar refractivity (Wildman–Crippen MR) is 102 cm³/mol. The van der Waals surface area contributed by atoms with Gasteiger partial charge >= 0.3 is 0 Å². The first-order valence-electron chi connectivity index (χ1n) is 8.09. The van der Waals surface area contributed by atoms with Gasteiger partial charge in [-0.05, 0) is 38.1 Å². The summed E-state index contributed by atoms with van der Waals surface area (Å²) in [6.45, 7) is 3.53. The van der Waals surface area contributed by atoms with E-state index in [0.29, 0.717) is 11.5 Å². The first-order valence-corrected chi connectivity index (χ1v) is 9.91. The number of hydrogen-bond donors (Lipinski definition) is 1. The van der Waals surface area contributed by atoms with Crippen LogP contribution in [-0.4, -0.2) is 46.3 Å². The van der Waals surface area contributed by atoms with Crippen LogP contribution in [0.25, 0.3) is 5.65 Å². The molecule has 1 N–H and O–H groups in total. The summed E-state index contributed by atoms with van der Waals surface area (Å²) in [5, 5.41) is 6.92. The highest BCUT2D eigenvalue weighted by atomic mass is 35.5. The third-order valence-corrected chi connectivity index (χ3v) is 6.48. The van der Waals surface area contributed by atoms with E-state index in [1.807, 2.05) is 0 Å². The molecule has 0 radical (unpaired) electrons. The highest BCUT2D eigenvalue weighted by Crippen LogP contribution is 2.24. The second kappa shape index (κ2) is 7.26. The van der Waals surface area contributed by atoms with Gasteiger partial charge in [-0.3, -0.25) is 4.79 Å². The number of rotatable bonds is 5. The number of sulfonamides is 1. The Hall–Kier alpha value is -2.49. The van der Waals surface area contributed by atoms with E-state index in [-0.39, 0.29) is 21.5 Å². The van der Waals surface area contributed by atoms with Gasteiger partial charge in [0.1, 0.15) is 5.82 Å². The number of carbonyl (C=O) groups excluding carboxylic acids is 1. The molecule has 0 bridgehead atoms. The Balaban J connectivity index is 1.97. The number of nitrogens with zero attached hydrogens (tertiary/aromatic N) is 4. The lowest BCUT2D eigenvalue weighted by molar-refractivity contribution is 0.102. The average Bonchev–Trinajstić information content (AvgIpc) is 3.10. The minimum atomic E-state index is -3.74. The summed E-state index contributed by atoms with van der Waals surface area (Å²) in [4.78, 5) is 16.8. The fourth-order valence-corrected chi connectivity index (χ4v) is 3.99. The number of aromatic nitrogens is 3. The molecule has 0 saturated heterocycles. The second-order valence-electron chi connectivity index (χ2n) is 6.14. The zero-order valence-electron chi connectivity index (χ0n) is 14.9. The third kappa shape index (κ3) is 3.66. The van der Waals surface area contributed by atoms with Crippen LogP contribution in [-0.2, 0) is 10.0 Å². The largest absolute Gasteiger partial charge is 0.306 e. The van der Waals surface area contributed by atoms with Crippen molar-refractivity contribution in [1.82, 2.24) is 18.9 Å². The van der Waals surface area contributed by atoms with E-state index in [2.05, 4.69) is 15.4 Å². The Morgan fingerprint density at radius 3 is 2.67 bits per heavy atom. The van der Waals surface area contributed by atoms with Crippen LogP contribution >= 0.6 is 11.6 Å². The first-order chi connectivity index (χ1) is 12.7. The molecule has 0 aliphatic heterocycles. The van der Waals surface area contributed by atoms with Crippen molar-refractivity contribution in [1.29, 1.82) is 0 Å². The van der Waals surface area contributed by atoms with Gasteiger partial charge in [-0.2, -0.15) is 13.9 Å². The van der Waals surface area contributed by atoms with E-state index in [1.54, 1.807) is 32.2 Å². The van der Waals surface area contributed by atoms with Crippen LogP contribution in [0.2, 0.25) is 5.02 Å². The molecule has 1 amide bonds. The van der Waals surface area contributed by atoms with Gasteiger partial charge in [0.25, 0.3) is 5.91 Å². The van der Waals surface area contributed by atoms with Crippen molar-refractivity contribution in [2.24, 2.45) is 0 Å². The van der Waals surface area contributed by atoms with Gasteiger partial charge in [-0.1, -0.05) is 11.6 Å². The molecule has 3 aromatic rings. The number of anilines is 1. The van der Waals surface area contributed by atoms with Gasteiger partial charge in [0, 0.05) is 25.4 Å². The molecule has 0 unspecified atom stereocenters. The summed E-state index contributed by atoms with van der Waals surface area (Å²) in [6, 6.07) is 7.09. The summed E-state index contributed by atoms with van der Waals surface area (Å²) < 4.78 is 28.1.